The molecule has 0 radical (unpaired) electrons. The molecule has 2 rings (SSSR count). The van der Waals surface area contributed by atoms with Gasteiger partial charge in [-0.15, -0.1) is 11.3 Å². The third kappa shape index (κ3) is 3.88. The van der Waals surface area contributed by atoms with Crippen molar-refractivity contribution in [2.75, 3.05) is 6.54 Å². The quantitative estimate of drug-likeness (QED) is 0.830. The van der Waals surface area contributed by atoms with Gasteiger partial charge in [-0.1, -0.05) is 48.3 Å². The summed E-state index contributed by atoms with van der Waals surface area (Å²) in [5.74, 6) is 0. The van der Waals surface area contributed by atoms with Gasteiger partial charge in [-0.3, -0.25) is 0 Å². The Bertz CT molecular complexity index is 519. The maximum atomic E-state index is 4.82. The van der Waals surface area contributed by atoms with Crippen LogP contribution in [0.25, 0.3) is 10.6 Å². The Morgan fingerprint density at radius 1 is 1.21 bits per heavy atom. The molecule has 2 aromatic rings. The van der Waals surface area contributed by atoms with E-state index < -0.39 is 0 Å². The molecule has 0 amide bonds. The van der Waals surface area contributed by atoms with Crippen LogP contribution in [0, 0.1) is 0 Å². The minimum Gasteiger partial charge on any atom is -0.312 e. The van der Waals surface area contributed by atoms with Crippen LogP contribution in [0.5, 0.6) is 0 Å². The van der Waals surface area contributed by atoms with E-state index >= 15 is 0 Å². The zero-order chi connectivity index (χ0) is 13.7. The largest absolute Gasteiger partial charge is 0.312 e. The predicted molar refractivity (Wildman–Crippen MR) is 86.6 cm³/mol. The average Bonchev–Trinajstić information content (AvgIpc) is 2.81. The van der Waals surface area contributed by atoms with Crippen molar-refractivity contribution >= 4 is 27.3 Å². The van der Waals surface area contributed by atoms with Gasteiger partial charge < -0.3 is 5.32 Å². The highest BCUT2D eigenvalue weighted by molar-refractivity contribution is 9.10. The summed E-state index contributed by atoms with van der Waals surface area (Å²) in [5.41, 5.74) is 2.46. The van der Waals surface area contributed by atoms with Gasteiger partial charge in [0.1, 0.15) is 5.01 Å². The molecule has 0 unspecified atom stereocenters. The van der Waals surface area contributed by atoms with Gasteiger partial charge in [0, 0.05) is 21.5 Å². The molecule has 0 aliphatic carbocycles. The highest BCUT2D eigenvalue weighted by Gasteiger charge is 2.11. The lowest BCUT2D eigenvalue weighted by Crippen LogP contribution is -2.11. The lowest BCUT2D eigenvalue weighted by Gasteiger charge is -2.00. The van der Waals surface area contributed by atoms with E-state index in [0.717, 1.165) is 35.4 Å². The lowest BCUT2D eigenvalue weighted by molar-refractivity contribution is 0.723. The molecule has 1 heterocycles. The van der Waals surface area contributed by atoms with Crippen LogP contribution in [-0.4, -0.2) is 11.5 Å². The van der Waals surface area contributed by atoms with Crippen molar-refractivity contribution in [1.82, 2.24) is 10.3 Å². The molecule has 2 nitrogen and oxygen atoms in total. The smallest absolute Gasteiger partial charge is 0.123 e. The van der Waals surface area contributed by atoms with E-state index in [1.807, 2.05) is 11.3 Å². The van der Waals surface area contributed by atoms with Gasteiger partial charge in [0.2, 0.25) is 0 Å². The van der Waals surface area contributed by atoms with Crippen LogP contribution in [0.15, 0.2) is 28.7 Å². The first-order valence-corrected chi connectivity index (χ1v) is 8.30. The van der Waals surface area contributed by atoms with Crippen molar-refractivity contribution in [2.24, 2.45) is 0 Å². The minimum atomic E-state index is 0.931. The van der Waals surface area contributed by atoms with Gasteiger partial charge in [-0.25, -0.2) is 4.98 Å². The molecule has 0 spiro atoms. The summed E-state index contributed by atoms with van der Waals surface area (Å²) >= 11 is 5.28. The normalized spacial score (nSPS) is 10.9. The van der Waals surface area contributed by atoms with Crippen molar-refractivity contribution in [1.29, 1.82) is 0 Å². The monoisotopic (exact) mass is 338 g/mol. The summed E-state index contributed by atoms with van der Waals surface area (Å²) in [6.07, 6.45) is 2.20. The highest BCUT2D eigenvalue weighted by atomic mass is 79.9. The summed E-state index contributed by atoms with van der Waals surface area (Å²) in [4.78, 5) is 6.19. The SMILES string of the molecule is CCCc1nc(-c2ccc(Br)cc2)sc1CNCC. The van der Waals surface area contributed by atoms with Crippen LogP contribution < -0.4 is 5.32 Å². The van der Waals surface area contributed by atoms with Crippen LogP contribution >= 0.6 is 27.3 Å². The number of halogens is 1. The first-order chi connectivity index (χ1) is 9.24. The summed E-state index contributed by atoms with van der Waals surface area (Å²) in [6, 6.07) is 8.38. The second-order valence-electron chi connectivity index (χ2n) is 4.43. The van der Waals surface area contributed by atoms with E-state index in [1.54, 1.807) is 0 Å². The number of nitrogens with one attached hydrogen (secondary N) is 1. The van der Waals surface area contributed by atoms with Crippen LogP contribution in [-0.2, 0) is 13.0 Å². The fraction of sp³-hybridized carbons (Fsp3) is 0.400. The molecule has 0 aliphatic heterocycles. The summed E-state index contributed by atoms with van der Waals surface area (Å²) in [6.45, 7) is 6.27. The molecule has 4 heteroatoms. The Morgan fingerprint density at radius 3 is 2.58 bits per heavy atom. The molecule has 0 bridgehead atoms. The van der Waals surface area contributed by atoms with Crippen molar-refractivity contribution in [3.05, 3.63) is 39.3 Å². The second kappa shape index (κ2) is 7.17. The van der Waals surface area contributed by atoms with Crippen molar-refractivity contribution in [3.8, 4) is 10.6 Å². The maximum Gasteiger partial charge on any atom is 0.123 e. The number of thiazole rings is 1. The lowest BCUT2D eigenvalue weighted by atomic mass is 10.2. The molecular weight excluding hydrogens is 320 g/mol. The average molecular weight is 339 g/mol. The van der Waals surface area contributed by atoms with Crippen molar-refractivity contribution in [3.63, 3.8) is 0 Å². The minimum absolute atomic E-state index is 0.931. The van der Waals surface area contributed by atoms with E-state index in [1.165, 1.54) is 16.1 Å². The summed E-state index contributed by atoms with van der Waals surface area (Å²) < 4.78 is 1.11. The Labute approximate surface area is 127 Å². The van der Waals surface area contributed by atoms with E-state index in [0.29, 0.717) is 0 Å². The van der Waals surface area contributed by atoms with Crippen molar-refractivity contribution < 1.29 is 0 Å². The number of hydrogen-bond acceptors (Lipinski definition) is 3. The fourth-order valence-electron chi connectivity index (χ4n) is 1.91. The first-order valence-electron chi connectivity index (χ1n) is 6.69. The van der Waals surface area contributed by atoms with Crippen LogP contribution in [0.2, 0.25) is 0 Å². The Hall–Kier alpha value is -0.710. The summed E-state index contributed by atoms with van der Waals surface area (Å²) in [7, 11) is 0. The second-order valence-corrected chi connectivity index (χ2v) is 6.43. The van der Waals surface area contributed by atoms with Crippen LogP contribution in [0.3, 0.4) is 0 Å². The molecule has 1 aromatic carbocycles. The Kier molecular flexibility index (Phi) is 5.55. The number of benzene rings is 1. The molecule has 19 heavy (non-hydrogen) atoms. The number of hydrogen-bond donors (Lipinski definition) is 1. The van der Waals surface area contributed by atoms with Gasteiger partial charge >= 0.3 is 0 Å². The van der Waals surface area contributed by atoms with E-state index in [4.69, 9.17) is 4.98 Å². The molecule has 0 atom stereocenters. The number of rotatable bonds is 6. The summed E-state index contributed by atoms with van der Waals surface area (Å²) in [5, 5.41) is 4.53. The number of nitrogens with zero attached hydrogens (tertiary/aromatic N) is 1. The Morgan fingerprint density at radius 2 is 1.95 bits per heavy atom. The molecule has 1 aromatic heterocycles. The molecule has 0 fully saturated rings. The zero-order valence-corrected chi connectivity index (χ0v) is 13.8. The van der Waals surface area contributed by atoms with Gasteiger partial charge in [0.25, 0.3) is 0 Å². The van der Waals surface area contributed by atoms with E-state index in [-0.39, 0.29) is 0 Å². The van der Waals surface area contributed by atoms with Crippen LogP contribution in [0.1, 0.15) is 30.8 Å². The topological polar surface area (TPSA) is 24.9 Å². The molecule has 1 N–H and O–H groups in total. The predicted octanol–water partition coefficient (Wildman–Crippen LogP) is 4.63. The van der Waals surface area contributed by atoms with Crippen LogP contribution in [0.4, 0.5) is 0 Å². The molecule has 102 valence electrons. The standard InChI is InChI=1S/C15H19BrN2S/c1-3-5-13-14(10-17-4-2)19-15(18-13)11-6-8-12(16)9-7-11/h6-9,17H,3-5,10H2,1-2H3. The zero-order valence-electron chi connectivity index (χ0n) is 11.4. The van der Waals surface area contributed by atoms with Gasteiger partial charge in [-0.05, 0) is 25.1 Å². The molecule has 0 saturated heterocycles. The van der Waals surface area contributed by atoms with Gasteiger partial charge in [-0.2, -0.15) is 0 Å². The highest BCUT2D eigenvalue weighted by Crippen LogP contribution is 2.29. The molecule has 0 aliphatic rings. The van der Waals surface area contributed by atoms with Crippen molar-refractivity contribution in [2.45, 2.75) is 33.2 Å². The van der Waals surface area contributed by atoms with E-state index in [2.05, 4.69) is 59.4 Å². The van der Waals surface area contributed by atoms with E-state index in [9.17, 15) is 0 Å². The first kappa shape index (κ1) is 14.7. The Balaban J connectivity index is 2.27. The fourth-order valence-corrected chi connectivity index (χ4v) is 3.26. The number of aryl methyl sites for hydroxylation is 1. The van der Waals surface area contributed by atoms with Gasteiger partial charge in [0.15, 0.2) is 0 Å². The third-order valence-electron chi connectivity index (χ3n) is 2.89. The van der Waals surface area contributed by atoms with Gasteiger partial charge in [0.05, 0.1) is 5.69 Å². The molecule has 0 saturated carbocycles. The molecular formula is C15H19BrN2S. The maximum absolute atomic E-state index is 4.82. The third-order valence-corrected chi connectivity index (χ3v) is 4.57. The number of aromatic nitrogens is 1.